The van der Waals surface area contributed by atoms with Crippen LogP contribution in [0.3, 0.4) is 0 Å². The Morgan fingerprint density at radius 1 is 1.70 bits per heavy atom. The molecule has 10 heavy (non-hydrogen) atoms. The molecule has 0 atom stereocenters. The molecule has 0 aliphatic carbocycles. The minimum absolute atomic E-state index is 0.0255. The van der Waals surface area contributed by atoms with Gasteiger partial charge in [-0.1, -0.05) is 0 Å². The molecule has 1 heterocycles. The van der Waals surface area contributed by atoms with Crippen molar-refractivity contribution in [2.75, 3.05) is 6.61 Å². The molecule has 0 bridgehead atoms. The summed E-state index contributed by atoms with van der Waals surface area (Å²) >= 11 is 0. The molecule has 0 aromatic carbocycles. The topological polar surface area (TPSA) is 55.8 Å². The molecule has 0 saturated heterocycles. The second-order valence-corrected chi connectivity index (χ2v) is 1.68. The van der Waals surface area contributed by atoms with Crippen LogP contribution in [0.5, 0.6) is 0 Å². The highest BCUT2D eigenvalue weighted by molar-refractivity contribution is 5.87. The summed E-state index contributed by atoms with van der Waals surface area (Å²) in [5.74, 6) is -0.991. The van der Waals surface area contributed by atoms with E-state index in [9.17, 15) is 4.79 Å². The van der Waals surface area contributed by atoms with E-state index in [4.69, 9.17) is 5.11 Å². The Morgan fingerprint density at radius 2 is 2.50 bits per heavy atom. The molecule has 0 saturated carbocycles. The van der Waals surface area contributed by atoms with Gasteiger partial charge in [-0.15, -0.1) is 0 Å². The van der Waals surface area contributed by atoms with Gasteiger partial charge in [-0.2, -0.15) is 4.89 Å². The molecule has 54 valence electrons. The lowest BCUT2D eigenvalue weighted by Gasteiger charge is -1.96. The van der Waals surface area contributed by atoms with E-state index < -0.39 is 5.97 Å². The predicted molar refractivity (Wildman–Crippen MR) is 31.9 cm³/mol. The molecule has 1 aliphatic rings. The maximum Gasteiger partial charge on any atom is 0.334 e. The second-order valence-electron chi connectivity index (χ2n) is 1.68. The molecule has 0 aromatic heterocycles. The fraction of sp³-hybridized carbons (Fsp3) is 0.167. The largest absolute Gasteiger partial charge is 0.478 e. The van der Waals surface area contributed by atoms with E-state index in [-0.39, 0.29) is 12.2 Å². The van der Waals surface area contributed by atoms with Gasteiger partial charge in [-0.25, -0.2) is 4.79 Å². The first kappa shape index (κ1) is 6.82. The van der Waals surface area contributed by atoms with Gasteiger partial charge in [-0.3, -0.25) is 0 Å². The first-order valence-electron chi connectivity index (χ1n) is 2.68. The zero-order valence-electron chi connectivity index (χ0n) is 5.11. The molecule has 0 aromatic rings. The molecule has 1 N–H and O–H groups in total. The fourth-order valence-corrected chi connectivity index (χ4v) is 0.505. The lowest BCUT2D eigenvalue weighted by atomic mass is 10.3. The quantitative estimate of drug-likeness (QED) is 0.541. The van der Waals surface area contributed by atoms with Crippen LogP contribution in [0.15, 0.2) is 24.0 Å². The van der Waals surface area contributed by atoms with Gasteiger partial charge in [0.2, 0.25) is 0 Å². The number of hydrogen-bond donors (Lipinski definition) is 1. The van der Waals surface area contributed by atoms with Crippen molar-refractivity contribution in [1.82, 2.24) is 0 Å². The van der Waals surface area contributed by atoms with Crippen LogP contribution in [0.1, 0.15) is 0 Å². The number of hydrogen-bond acceptors (Lipinski definition) is 3. The van der Waals surface area contributed by atoms with Gasteiger partial charge in [0.15, 0.2) is 0 Å². The summed E-state index contributed by atoms with van der Waals surface area (Å²) in [5, 5.41) is 8.43. The van der Waals surface area contributed by atoms with E-state index in [2.05, 4.69) is 9.78 Å². The van der Waals surface area contributed by atoms with E-state index >= 15 is 0 Å². The molecular formula is C6H6O4. The van der Waals surface area contributed by atoms with E-state index in [1.807, 2.05) is 0 Å². The first-order valence-corrected chi connectivity index (χ1v) is 2.68. The SMILES string of the molecule is O=C(O)C1=CC=COOC1. The Hall–Kier alpha value is -1.29. The van der Waals surface area contributed by atoms with Crippen molar-refractivity contribution in [2.45, 2.75) is 0 Å². The minimum atomic E-state index is -0.991. The molecule has 1 rings (SSSR count). The Morgan fingerprint density at radius 3 is 3.20 bits per heavy atom. The van der Waals surface area contributed by atoms with Gasteiger partial charge in [0, 0.05) is 0 Å². The highest BCUT2D eigenvalue weighted by Crippen LogP contribution is 2.01. The van der Waals surface area contributed by atoms with Gasteiger partial charge >= 0.3 is 5.97 Å². The van der Waals surface area contributed by atoms with Crippen molar-refractivity contribution in [3.63, 3.8) is 0 Å². The monoisotopic (exact) mass is 142 g/mol. The number of rotatable bonds is 1. The van der Waals surface area contributed by atoms with Crippen LogP contribution in [-0.2, 0) is 14.6 Å². The van der Waals surface area contributed by atoms with E-state index in [0.29, 0.717) is 0 Å². The molecule has 4 heteroatoms. The third-order valence-corrected chi connectivity index (χ3v) is 0.989. The van der Waals surface area contributed by atoms with E-state index in [1.54, 1.807) is 0 Å². The van der Waals surface area contributed by atoms with Crippen molar-refractivity contribution in [1.29, 1.82) is 0 Å². The highest BCUT2D eigenvalue weighted by Gasteiger charge is 2.07. The smallest absolute Gasteiger partial charge is 0.334 e. The van der Waals surface area contributed by atoms with Crippen LogP contribution < -0.4 is 0 Å². The lowest BCUT2D eigenvalue weighted by molar-refractivity contribution is -0.240. The zero-order valence-corrected chi connectivity index (χ0v) is 5.11. The molecule has 0 radical (unpaired) electrons. The highest BCUT2D eigenvalue weighted by atomic mass is 17.2. The van der Waals surface area contributed by atoms with Crippen molar-refractivity contribution in [3.05, 3.63) is 24.0 Å². The molecule has 0 spiro atoms. The maximum absolute atomic E-state index is 10.3. The molecular weight excluding hydrogens is 136 g/mol. The maximum atomic E-state index is 10.3. The molecule has 0 unspecified atom stereocenters. The summed E-state index contributed by atoms with van der Waals surface area (Å²) in [4.78, 5) is 19.1. The third kappa shape index (κ3) is 1.60. The minimum Gasteiger partial charge on any atom is -0.478 e. The summed E-state index contributed by atoms with van der Waals surface area (Å²) in [6.07, 6.45) is 4.17. The summed E-state index contributed by atoms with van der Waals surface area (Å²) in [7, 11) is 0. The number of carboxylic acid groups (broad SMARTS) is 1. The summed E-state index contributed by atoms with van der Waals surface area (Å²) in [5.41, 5.74) is 0.175. The van der Waals surface area contributed by atoms with Crippen molar-refractivity contribution in [2.24, 2.45) is 0 Å². The predicted octanol–water partition coefficient (Wildman–Crippen LogP) is 0.473. The lowest BCUT2D eigenvalue weighted by Crippen LogP contribution is -2.05. The average molecular weight is 142 g/mol. The van der Waals surface area contributed by atoms with Crippen molar-refractivity contribution >= 4 is 5.97 Å². The first-order chi connectivity index (χ1) is 4.80. The summed E-state index contributed by atoms with van der Waals surface area (Å²) < 4.78 is 0. The van der Waals surface area contributed by atoms with Crippen LogP contribution in [0.2, 0.25) is 0 Å². The second kappa shape index (κ2) is 3.03. The Labute approximate surface area is 57.3 Å². The van der Waals surface area contributed by atoms with Crippen molar-refractivity contribution in [3.8, 4) is 0 Å². The number of aliphatic carboxylic acids is 1. The van der Waals surface area contributed by atoms with Gasteiger partial charge in [-0.05, 0) is 12.2 Å². The average Bonchev–Trinajstić information content (AvgIpc) is 2.12. The molecule has 0 fully saturated rings. The van der Waals surface area contributed by atoms with Gasteiger partial charge in [0.1, 0.15) is 12.9 Å². The van der Waals surface area contributed by atoms with Gasteiger partial charge in [0.25, 0.3) is 0 Å². The Kier molecular flexibility index (Phi) is 2.07. The van der Waals surface area contributed by atoms with Crippen molar-refractivity contribution < 1.29 is 19.7 Å². The Bertz CT molecular complexity index is 192. The summed E-state index contributed by atoms with van der Waals surface area (Å²) in [6, 6.07) is 0. The van der Waals surface area contributed by atoms with E-state index in [0.717, 1.165) is 0 Å². The van der Waals surface area contributed by atoms with Crippen LogP contribution in [0.4, 0.5) is 0 Å². The fourth-order valence-electron chi connectivity index (χ4n) is 0.505. The van der Waals surface area contributed by atoms with Crippen LogP contribution in [0.25, 0.3) is 0 Å². The Balaban J connectivity index is 2.66. The van der Waals surface area contributed by atoms with Crippen LogP contribution in [0, 0.1) is 0 Å². The van der Waals surface area contributed by atoms with Crippen LogP contribution in [-0.4, -0.2) is 17.7 Å². The zero-order chi connectivity index (χ0) is 7.40. The van der Waals surface area contributed by atoms with Gasteiger partial charge in [0.05, 0.1) is 5.57 Å². The third-order valence-electron chi connectivity index (χ3n) is 0.989. The molecule has 4 nitrogen and oxygen atoms in total. The normalized spacial score (nSPS) is 17.0. The molecule has 1 aliphatic heterocycles. The standard InChI is InChI=1S/C6H6O4/c7-6(8)5-2-1-3-9-10-4-5/h1-3H,4H2,(H,7,8). The van der Waals surface area contributed by atoms with E-state index in [1.165, 1.54) is 18.4 Å². The number of carboxylic acids is 1. The molecule has 0 amide bonds. The summed E-state index contributed by atoms with van der Waals surface area (Å²) in [6.45, 7) is -0.0255. The van der Waals surface area contributed by atoms with Gasteiger partial charge < -0.3 is 9.99 Å². The van der Waals surface area contributed by atoms with Crippen LogP contribution >= 0.6 is 0 Å². The number of allylic oxidation sites excluding steroid dienone is 2. The number of carbonyl (C=O) groups is 1.